The van der Waals surface area contributed by atoms with E-state index < -0.39 is 8.32 Å². The number of hydrogen-bond acceptors (Lipinski definition) is 2. The van der Waals surface area contributed by atoms with Gasteiger partial charge in [-0.15, -0.1) is 0 Å². The average molecular weight is 387 g/mol. The third kappa shape index (κ3) is 4.59. The van der Waals surface area contributed by atoms with Gasteiger partial charge in [0, 0.05) is 16.6 Å². The molecule has 1 aromatic carbocycles. The SMILES string of the molecule is Cc1cc(Br)cc(O)c1C(C)(C)CCO[Si](C)(C)C(C)(C)C. The maximum atomic E-state index is 10.3. The molecule has 1 aromatic rings. The fourth-order valence-corrected chi connectivity index (χ4v) is 4.11. The monoisotopic (exact) mass is 386 g/mol. The van der Waals surface area contributed by atoms with Crippen molar-refractivity contribution >= 4 is 24.2 Å². The van der Waals surface area contributed by atoms with Gasteiger partial charge in [0.1, 0.15) is 5.75 Å². The highest BCUT2D eigenvalue weighted by Crippen LogP contribution is 2.40. The van der Waals surface area contributed by atoms with Crippen LogP contribution in [0.15, 0.2) is 16.6 Å². The molecule has 0 unspecified atom stereocenters. The Morgan fingerprint density at radius 3 is 2.14 bits per heavy atom. The summed E-state index contributed by atoms with van der Waals surface area (Å²) < 4.78 is 7.22. The van der Waals surface area contributed by atoms with Gasteiger partial charge >= 0.3 is 0 Å². The van der Waals surface area contributed by atoms with Crippen LogP contribution in [0.3, 0.4) is 0 Å². The first-order valence-electron chi connectivity index (χ1n) is 7.91. The maximum absolute atomic E-state index is 10.3. The minimum Gasteiger partial charge on any atom is -0.508 e. The standard InChI is InChI=1S/C18H31BrO2Si/c1-13-11-14(19)12-15(20)16(13)18(5,6)9-10-21-22(7,8)17(2,3)4/h11-12,20H,9-10H2,1-8H3. The van der Waals surface area contributed by atoms with Crippen LogP contribution < -0.4 is 0 Å². The number of hydrogen-bond donors (Lipinski definition) is 1. The lowest BCUT2D eigenvalue weighted by Crippen LogP contribution is -2.41. The van der Waals surface area contributed by atoms with Crippen molar-refractivity contribution in [1.82, 2.24) is 0 Å². The van der Waals surface area contributed by atoms with Crippen molar-refractivity contribution in [1.29, 1.82) is 0 Å². The van der Waals surface area contributed by atoms with Gasteiger partial charge < -0.3 is 9.53 Å². The van der Waals surface area contributed by atoms with Crippen LogP contribution in [-0.2, 0) is 9.84 Å². The van der Waals surface area contributed by atoms with Crippen LogP contribution in [0.5, 0.6) is 5.75 Å². The zero-order valence-electron chi connectivity index (χ0n) is 15.3. The zero-order valence-corrected chi connectivity index (χ0v) is 17.9. The third-order valence-corrected chi connectivity index (χ3v) is 9.95. The van der Waals surface area contributed by atoms with E-state index in [1.165, 1.54) is 0 Å². The highest BCUT2D eigenvalue weighted by molar-refractivity contribution is 9.10. The van der Waals surface area contributed by atoms with Gasteiger partial charge in [-0.1, -0.05) is 50.5 Å². The molecule has 0 aliphatic carbocycles. The molecule has 0 saturated carbocycles. The smallest absolute Gasteiger partial charge is 0.191 e. The quantitative estimate of drug-likeness (QED) is 0.614. The van der Waals surface area contributed by atoms with E-state index in [2.05, 4.69) is 76.6 Å². The molecule has 0 aliphatic heterocycles. The number of benzene rings is 1. The van der Waals surface area contributed by atoms with Crippen molar-refractivity contribution in [3.05, 3.63) is 27.7 Å². The molecular formula is C18H31BrO2Si. The highest BCUT2D eigenvalue weighted by Gasteiger charge is 2.37. The topological polar surface area (TPSA) is 29.5 Å². The van der Waals surface area contributed by atoms with Crippen molar-refractivity contribution in [3.63, 3.8) is 0 Å². The molecule has 0 aromatic heterocycles. The lowest BCUT2D eigenvalue weighted by Gasteiger charge is -2.37. The molecule has 4 heteroatoms. The number of rotatable bonds is 5. The zero-order chi connectivity index (χ0) is 17.3. The molecule has 0 aliphatic rings. The summed E-state index contributed by atoms with van der Waals surface area (Å²) >= 11 is 3.44. The maximum Gasteiger partial charge on any atom is 0.191 e. The van der Waals surface area contributed by atoms with Crippen molar-refractivity contribution in [2.75, 3.05) is 6.61 Å². The molecule has 0 fully saturated rings. The fraction of sp³-hybridized carbons (Fsp3) is 0.667. The number of halogens is 1. The molecule has 1 rings (SSSR count). The Morgan fingerprint density at radius 2 is 1.68 bits per heavy atom. The van der Waals surface area contributed by atoms with E-state index >= 15 is 0 Å². The van der Waals surface area contributed by atoms with Crippen LogP contribution >= 0.6 is 15.9 Å². The summed E-state index contributed by atoms with van der Waals surface area (Å²) in [5.74, 6) is 0.365. The second kappa shape index (κ2) is 6.66. The van der Waals surface area contributed by atoms with Crippen molar-refractivity contribution < 1.29 is 9.53 Å². The molecular weight excluding hydrogens is 356 g/mol. The Bertz CT molecular complexity index is 507. The van der Waals surface area contributed by atoms with Gasteiger partial charge in [0.15, 0.2) is 8.32 Å². The first-order chi connectivity index (χ1) is 9.78. The van der Waals surface area contributed by atoms with Crippen molar-refractivity contribution in [2.24, 2.45) is 0 Å². The Hall–Kier alpha value is -0.323. The van der Waals surface area contributed by atoms with Gasteiger partial charge in [-0.2, -0.15) is 0 Å². The predicted molar refractivity (Wildman–Crippen MR) is 101 cm³/mol. The third-order valence-electron chi connectivity index (χ3n) is 4.95. The van der Waals surface area contributed by atoms with Crippen LogP contribution in [0.1, 0.15) is 52.2 Å². The van der Waals surface area contributed by atoms with Gasteiger partial charge in [0.05, 0.1) is 0 Å². The van der Waals surface area contributed by atoms with Crippen LogP contribution in [-0.4, -0.2) is 20.0 Å². The van der Waals surface area contributed by atoms with E-state index in [1.54, 1.807) is 6.07 Å². The molecule has 0 heterocycles. The number of aryl methyl sites for hydroxylation is 1. The molecule has 0 amide bonds. The molecule has 0 spiro atoms. The first-order valence-corrected chi connectivity index (χ1v) is 11.6. The van der Waals surface area contributed by atoms with Gasteiger partial charge in [-0.3, -0.25) is 0 Å². The Labute approximate surface area is 145 Å². The molecule has 22 heavy (non-hydrogen) atoms. The van der Waals surface area contributed by atoms with Crippen LogP contribution in [0.4, 0.5) is 0 Å². The van der Waals surface area contributed by atoms with Gasteiger partial charge in [0.2, 0.25) is 0 Å². The largest absolute Gasteiger partial charge is 0.508 e. The second-order valence-electron chi connectivity index (χ2n) is 8.36. The molecule has 1 N–H and O–H groups in total. The number of phenols is 1. The number of aromatic hydroxyl groups is 1. The van der Waals surface area contributed by atoms with E-state index in [1.807, 2.05) is 0 Å². The van der Waals surface area contributed by atoms with E-state index in [0.29, 0.717) is 5.75 Å². The lowest BCUT2D eigenvalue weighted by atomic mass is 9.79. The van der Waals surface area contributed by atoms with Gasteiger partial charge in [-0.05, 0) is 54.6 Å². The van der Waals surface area contributed by atoms with Crippen molar-refractivity contribution in [2.45, 2.75) is 71.5 Å². The molecule has 0 saturated heterocycles. The Morgan fingerprint density at radius 1 is 1.14 bits per heavy atom. The van der Waals surface area contributed by atoms with E-state index in [-0.39, 0.29) is 10.5 Å². The normalized spacial score (nSPS) is 13.5. The highest BCUT2D eigenvalue weighted by atomic mass is 79.9. The average Bonchev–Trinajstić information content (AvgIpc) is 2.23. The molecule has 0 radical (unpaired) electrons. The van der Waals surface area contributed by atoms with E-state index in [0.717, 1.165) is 28.6 Å². The molecule has 0 atom stereocenters. The lowest BCUT2D eigenvalue weighted by molar-refractivity contribution is 0.248. The van der Waals surface area contributed by atoms with Gasteiger partial charge in [-0.25, -0.2) is 0 Å². The summed E-state index contributed by atoms with van der Waals surface area (Å²) in [7, 11) is -1.71. The van der Waals surface area contributed by atoms with Crippen LogP contribution in [0, 0.1) is 6.92 Å². The van der Waals surface area contributed by atoms with Crippen LogP contribution in [0.2, 0.25) is 18.1 Å². The first kappa shape index (κ1) is 19.7. The fourth-order valence-electron chi connectivity index (χ4n) is 2.51. The van der Waals surface area contributed by atoms with E-state index in [9.17, 15) is 5.11 Å². The molecule has 0 bridgehead atoms. The summed E-state index contributed by atoms with van der Waals surface area (Å²) in [6.07, 6.45) is 0.898. The summed E-state index contributed by atoms with van der Waals surface area (Å²) in [6, 6.07) is 3.84. The molecule has 2 nitrogen and oxygen atoms in total. The van der Waals surface area contributed by atoms with Crippen molar-refractivity contribution in [3.8, 4) is 5.75 Å². The Balaban J connectivity index is 2.86. The summed E-state index contributed by atoms with van der Waals surface area (Å²) in [4.78, 5) is 0. The Kier molecular flexibility index (Phi) is 5.97. The molecule has 126 valence electrons. The second-order valence-corrected chi connectivity index (χ2v) is 14.1. The van der Waals surface area contributed by atoms with E-state index in [4.69, 9.17) is 4.43 Å². The minimum atomic E-state index is -1.71. The summed E-state index contributed by atoms with van der Waals surface area (Å²) in [6.45, 7) is 18.5. The summed E-state index contributed by atoms with van der Waals surface area (Å²) in [5, 5.41) is 10.6. The predicted octanol–water partition coefficient (Wildman–Crippen LogP) is 6.15. The van der Waals surface area contributed by atoms with Crippen LogP contribution in [0.25, 0.3) is 0 Å². The number of phenolic OH excluding ortho intramolecular Hbond substituents is 1. The minimum absolute atomic E-state index is 0.114. The van der Waals surface area contributed by atoms with Gasteiger partial charge in [0.25, 0.3) is 0 Å². The summed E-state index contributed by atoms with van der Waals surface area (Å²) in [5.41, 5.74) is 2.02.